The van der Waals surface area contributed by atoms with Gasteiger partial charge < -0.3 is 15.0 Å². The summed E-state index contributed by atoms with van der Waals surface area (Å²) in [6.45, 7) is 4.99. The molecular weight excluding hydrogens is 226 g/mol. The van der Waals surface area contributed by atoms with E-state index in [9.17, 15) is 0 Å². The molecule has 1 heterocycles. The number of imidazole rings is 1. The minimum Gasteiger partial charge on any atom is -0.497 e. The smallest absolute Gasteiger partial charge is 0.120 e. The fourth-order valence-corrected chi connectivity index (χ4v) is 1.69. The second kappa shape index (κ2) is 5.69. The summed E-state index contributed by atoms with van der Waals surface area (Å²) in [4.78, 5) is 7.67. The summed E-state index contributed by atoms with van der Waals surface area (Å²) >= 11 is 0. The van der Waals surface area contributed by atoms with Crippen LogP contribution in [0.3, 0.4) is 0 Å². The number of nitrogens with one attached hydrogen (secondary N) is 2. The van der Waals surface area contributed by atoms with Crippen LogP contribution in [-0.4, -0.2) is 23.1 Å². The molecule has 0 unspecified atom stereocenters. The van der Waals surface area contributed by atoms with E-state index < -0.39 is 0 Å². The maximum atomic E-state index is 5.22. The van der Waals surface area contributed by atoms with Crippen molar-refractivity contribution in [2.45, 2.75) is 26.4 Å². The molecule has 4 heteroatoms. The van der Waals surface area contributed by atoms with Gasteiger partial charge in [0.25, 0.3) is 0 Å². The van der Waals surface area contributed by atoms with E-state index in [1.165, 1.54) is 0 Å². The Balaban J connectivity index is 2.13. The number of methoxy groups -OCH3 is 1. The van der Waals surface area contributed by atoms with Crippen LogP contribution in [0, 0.1) is 0 Å². The summed E-state index contributed by atoms with van der Waals surface area (Å²) in [7, 11) is 1.67. The number of hydrogen-bond acceptors (Lipinski definition) is 3. The molecule has 0 saturated heterocycles. The number of aromatic nitrogens is 2. The van der Waals surface area contributed by atoms with Gasteiger partial charge in [-0.1, -0.05) is 26.0 Å². The molecule has 2 rings (SSSR count). The molecule has 0 spiro atoms. The van der Waals surface area contributed by atoms with Crippen LogP contribution in [0.5, 0.6) is 5.75 Å². The SMILES string of the molecule is COc1cccc(-c2cnc(CNC(C)C)[nH]2)c1. The molecule has 0 atom stereocenters. The Bertz CT molecular complexity index is 505. The van der Waals surface area contributed by atoms with Crippen molar-refractivity contribution in [1.29, 1.82) is 0 Å². The third kappa shape index (κ3) is 3.11. The standard InChI is InChI=1S/C14H19N3O/c1-10(2)15-9-14-16-8-13(17-14)11-5-4-6-12(7-11)18-3/h4-8,10,15H,9H2,1-3H3,(H,16,17). The molecule has 0 amide bonds. The van der Waals surface area contributed by atoms with Crippen LogP contribution >= 0.6 is 0 Å². The molecule has 1 aromatic heterocycles. The zero-order valence-electron chi connectivity index (χ0n) is 11.0. The molecule has 0 aliphatic rings. The molecule has 0 radical (unpaired) electrons. The van der Waals surface area contributed by atoms with Crippen LogP contribution in [-0.2, 0) is 6.54 Å². The fraction of sp³-hybridized carbons (Fsp3) is 0.357. The lowest BCUT2D eigenvalue weighted by Crippen LogP contribution is -2.22. The molecule has 0 saturated carbocycles. The molecule has 0 aliphatic heterocycles. The lowest BCUT2D eigenvalue weighted by molar-refractivity contribution is 0.415. The van der Waals surface area contributed by atoms with Crippen LogP contribution in [0.4, 0.5) is 0 Å². The van der Waals surface area contributed by atoms with Gasteiger partial charge in [-0.15, -0.1) is 0 Å². The molecule has 2 aromatic rings. The molecule has 0 bridgehead atoms. The van der Waals surface area contributed by atoms with Crippen molar-refractivity contribution in [1.82, 2.24) is 15.3 Å². The number of aromatic amines is 1. The zero-order valence-corrected chi connectivity index (χ0v) is 11.0. The van der Waals surface area contributed by atoms with Crippen molar-refractivity contribution in [3.63, 3.8) is 0 Å². The van der Waals surface area contributed by atoms with E-state index >= 15 is 0 Å². The normalized spacial score (nSPS) is 10.9. The lowest BCUT2D eigenvalue weighted by atomic mass is 10.1. The molecule has 96 valence electrons. The van der Waals surface area contributed by atoms with Gasteiger partial charge in [-0.3, -0.25) is 0 Å². The third-order valence-corrected chi connectivity index (χ3v) is 2.69. The zero-order chi connectivity index (χ0) is 13.0. The summed E-state index contributed by atoms with van der Waals surface area (Å²) in [6.07, 6.45) is 1.85. The first-order chi connectivity index (χ1) is 8.69. The Kier molecular flexibility index (Phi) is 3.99. The van der Waals surface area contributed by atoms with Gasteiger partial charge in [0.05, 0.1) is 25.5 Å². The molecule has 1 aromatic carbocycles. The predicted molar refractivity (Wildman–Crippen MR) is 72.6 cm³/mol. The Morgan fingerprint density at radius 1 is 1.39 bits per heavy atom. The highest BCUT2D eigenvalue weighted by atomic mass is 16.5. The minimum atomic E-state index is 0.454. The van der Waals surface area contributed by atoms with Crippen molar-refractivity contribution >= 4 is 0 Å². The van der Waals surface area contributed by atoms with E-state index in [0.717, 1.165) is 29.4 Å². The highest BCUT2D eigenvalue weighted by Crippen LogP contribution is 2.21. The first kappa shape index (κ1) is 12.6. The van der Waals surface area contributed by atoms with Crippen molar-refractivity contribution < 1.29 is 4.74 Å². The predicted octanol–water partition coefficient (Wildman–Crippen LogP) is 2.58. The van der Waals surface area contributed by atoms with Crippen LogP contribution in [0.15, 0.2) is 30.5 Å². The Morgan fingerprint density at radius 3 is 2.94 bits per heavy atom. The number of nitrogens with zero attached hydrogens (tertiary/aromatic N) is 1. The van der Waals surface area contributed by atoms with Gasteiger partial charge in [-0.2, -0.15) is 0 Å². The van der Waals surface area contributed by atoms with E-state index in [0.29, 0.717) is 6.04 Å². The van der Waals surface area contributed by atoms with Gasteiger partial charge in [-0.25, -0.2) is 4.98 Å². The topological polar surface area (TPSA) is 49.9 Å². The molecule has 0 fully saturated rings. The molecular formula is C14H19N3O. The van der Waals surface area contributed by atoms with Gasteiger partial charge in [0.15, 0.2) is 0 Å². The van der Waals surface area contributed by atoms with Gasteiger partial charge in [0, 0.05) is 11.6 Å². The van der Waals surface area contributed by atoms with Gasteiger partial charge in [-0.05, 0) is 12.1 Å². The van der Waals surface area contributed by atoms with E-state index in [1.807, 2.05) is 30.5 Å². The van der Waals surface area contributed by atoms with Crippen LogP contribution in [0.1, 0.15) is 19.7 Å². The van der Waals surface area contributed by atoms with Crippen molar-refractivity contribution in [2.24, 2.45) is 0 Å². The maximum absolute atomic E-state index is 5.22. The summed E-state index contributed by atoms with van der Waals surface area (Å²) in [6, 6.07) is 8.39. The molecule has 4 nitrogen and oxygen atoms in total. The second-order valence-corrected chi connectivity index (χ2v) is 4.51. The number of ether oxygens (including phenoxy) is 1. The van der Waals surface area contributed by atoms with Gasteiger partial charge >= 0.3 is 0 Å². The third-order valence-electron chi connectivity index (χ3n) is 2.69. The summed E-state index contributed by atoms with van der Waals surface area (Å²) in [5, 5.41) is 3.33. The van der Waals surface area contributed by atoms with Gasteiger partial charge in [0.1, 0.15) is 11.6 Å². The van der Waals surface area contributed by atoms with Crippen molar-refractivity contribution in [2.75, 3.05) is 7.11 Å². The Hall–Kier alpha value is -1.81. The van der Waals surface area contributed by atoms with E-state index in [4.69, 9.17) is 4.74 Å². The Morgan fingerprint density at radius 2 is 2.22 bits per heavy atom. The van der Waals surface area contributed by atoms with Crippen LogP contribution in [0.2, 0.25) is 0 Å². The fourth-order valence-electron chi connectivity index (χ4n) is 1.69. The minimum absolute atomic E-state index is 0.454. The van der Waals surface area contributed by atoms with Crippen molar-refractivity contribution in [3.8, 4) is 17.0 Å². The van der Waals surface area contributed by atoms with Gasteiger partial charge in [0.2, 0.25) is 0 Å². The largest absolute Gasteiger partial charge is 0.497 e. The van der Waals surface area contributed by atoms with E-state index in [-0.39, 0.29) is 0 Å². The molecule has 2 N–H and O–H groups in total. The first-order valence-corrected chi connectivity index (χ1v) is 6.10. The number of H-pyrrole nitrogens is 1. The molecule has 0 aliphatic carbocycles. The number of hydrogen-bond donors (Lipinski definition) is 2. The summed E-state index contributed by atoms with van der Waals surface area (Å²) in [5.74, 6) is 1.80. The van der Waals surface area contributed by atoms with Crippen LogP contribution in [0.25, 0.3) is 11.3 Å². The average molecular weight is 245 g/mol. The number of benzene rings is 1. The summed E-state index contributed by atoms with van der Waals surface area (Å²) < 4.78 is 5.22. The van der Waals surface area contributed by atoms with E-state index in [2.05, 4.69) is 29.1 Å². The second-order valence-electron chi connectivity index (χ2n) is 4.51. The number of rotatable bonds is 5. The highest BCUT2D eigenvalue weighted by Gasteiger charge is 2.04. The molecule has 18 heavy (non-hydrogen) atoms. The quantitative estimate of drug-likeness (QED) is 0.851. The lowest BCUT2D eigenvalue weighted by Gasteiger charge is -2.05. The first-order valence-electron chi connectivity index (χ1n) is 6.10. The van der Waals surface area contributed by atoms with Crippen LogP contribution < -0.4 is 10.1 Å². The van der Waals surface area contributed by atoms with E-state index in [1.54, 1.807) is 7.11 Å². The average Bonchev–Trinajstić information content (AvgIpc) is 2.85. The Labute approximate surface area is 107 Å². The highest BCUT2D eigenvalue weighted by molar-refractivity contribution is 5.60. The maximum Gasteiger partial charge on any atom is 0.120 e. The van der Waals surface area contributed by atoms with Crippen molar-refractivity contribution in [3.05, 3.63) is 36.3 Å². The monoisotopic (exact) mass is 245 g/mol. The summed E-state index contributed by atoms with van der Waals surface area (Å²) in [5.41, 5.74) is 2.09.